The molecular formula is C10H20N2. The van der Waals surface area contributed by atoms with Crippen LogP contribution < -0.4 is 11.5 Å². The van der Waals surface area contributed by atoms with Gasteiger partial charge in [0.1, 0.15) is 0 Å². The molecule has 0 aromatic carbocycles. The predicted molar refractivity (Wildman–Crippen MR) is 54.8 cm³/mol. The highest BCUT2D eigenvalue weighted by molar-refractivity contribution is 5.09. The van der Waals surface area contributed by atoms with Crippen molar-refractivity contribution in [1.82, 2.24) is 0 Å². The molecule has 0 amide bonds. The van der Waals surface area contributed by atoms with Gasteiger partial charge in [0.25, 0.3) is 0 Å². The molecule has 0 saturated carbocycles. The second-order valence-electron chi connectivity index (χ2n) is 3.82. The van der Waals surface area contributed by atoms with E-state index in [0.717, 1.165) is 18.4 Å². The van der Waals surface area contributed by atoms with Gasteiger partial charge in [0.05, 0.1) is 0 Å². The lowest BCUT2D eigenvalue weighted by Gasteiger charge is -2.21. The molecule has 0 heterocycles. The first-order valence-corrected chi connectivity index (χ1v) is 4.22. The Labute approximate surface area is 75.3 Å². The summed E-state index contributed by atoms with van der Waals surface area (Å²) in [6.07, 6.45) is 3.35. The van der Waals surface area contributed by atoms with E-state index in [1.807, 2.05) is 13.8 Å². The minimum absolute atomic E-state index is 0.165. The summed E-state index contributed by atoms with van der Waals surface area (Å²) in [6.45, 7) is 11.5. The fourth-order valence-electron chi connectivity index (χ4n) is 1.14. The molecule has 0 radical (unpaired) electrons. The van der Waals surface area contributed by atoms with Crippen LogP contribution in [0.2, 0.25) is 0 Å². The number of hydrogen-bond donors (Lipinski definition) is 2. The van der Waals surface area contributed by atoms with Gasteiger partial charge in [-0.3, -0.25) is 0 Å². The van der Waals surface area contributed by atoms with Crippen molar-refractivity contribution in [2.75, 3.05) is 0 Å². The van der Waals surface area contributed by atoms with Crippen molar-refractivity contribution in [2.45, 2.75) is 38.3 Å². The SMILES string of the molecule is C=CC(C)(N)CC(=C)CC(C)N. The molecule has 0 aliphatic heterocycles. The van der Waals surface area contributed by atoms with E-state index in [1.165, 1.54) is 0 Å². The van der Waals surface area contributed by atoms with Crippen LogP contribution in [0, 0.1) is 0 Å². The molecule has 0 aromatic rings. The van der Waals surface area contributed by atoms with E-state index in [2.05, 4.69) is 13.2 Å². The molecule has 12 heavy (non-hydrogen) atoms. The van der Waals surface area contributed by atoms with Crippen LogP contribution in [0.3, 0.4) is 0 Å². The first-order chi connectivity index (χ1) is 5.37. The van der Waals surface area contributed by atoms with Gasteiger partial charge in [-0.15, -0.1) is 6.58 Å². The molecule has 2 atom stereocenters. The molecule has 0 fully saturated rings. The minimum Gasteiger partial charge on any atom is -0.328 e. The third kappa shape index (κ3) is 5.10. The van der Waals surface area contributed by atoms with Gasteiger partial charge >= 0.3 is 0 Å². The van der Waals surface area contributed by atoms with E-state index in [0.29, 0.717) is 0 Å². The third-order valence-electron chi connectivity index (χ3n) is 1.71. The fourth-order valence-corrected chi connectivity index (χ4v) is 1.14. The van der Waals surface area contributed by atoms with Crippen LogP contribution in [-0.2, 0) is 0 Å². The lowest BCUT2D eigenvalue weighted by Crippen LogP contribution is -2.34. The van der Waals surface area contributed by atoms with Gasteiger partial charge < -0.3 is 11.5 Å². The number of hydrogen-bond acceptors (Lipinski definition) is 2. The van der Waals surface area contributed by atoms with Crippen molar-refractivity contribution in [3.05, 3.63) is 24.8 Å². The van der Waals surface area contributed by atoms with Gasteiger partial charge in [0.2, 0.25) is 0 Å². The second-order valence-corrected chi connectivity index (χ2v) is 3.82. The average Bonchev–Trinajstić information content (AvgIpc) is 1.84. The summed E-state index contributed by atoms with van der Waals surface area (Å²) in [4.78, 5) is 0. The zero-order valence-corrected chi connectivity index (χ0v) is 8.14. The van der Waals surface area contributed by atoms with Gasteiger partial charge in [0.15, 0.2) is 0 Å². The highest BCUT2D eigenvalue weighted by Gasteiger charge is 2.14. The Kier molecular flexibility index (Phi) is 4.21. The summed E-state index contributed by atoms with van der Waals surface area (Å²) in [7, 11) is 0. The van der Waals surface area contributed by atoms with Crippen molar-refractivity contribution in [3.8, 4) is 0 Å². The van der Waals surface area contributed by atoms with Crippen molar-refractivity contribution >= 4 is 0 Å². The molecule has 0 aliphatic carbocycles. The summed E-state index contributed by atoms with van der Waals surface area (Å²) >= 11 is 0. The van der Waals surface area contributed by atoms with Gasteiger partial charge in [-0.1, -0.05) is 18.2 Å². The third-order valence-corrected chi connectivity index (χ3v) is 1.71. The first-order valence-electron chi connectivity index (χ1n) is 4.22. The Bertz CT molecular complexity index is 169. The van der Waals surface area contributed by atoms with Crippen LogP contribution in [0.15, 0.2) is 24.8 Å². The molecule has 2 heteroatoms. The highest BCUT2D eigenvalue weighted by Crippen LogP contribution is 2.16. The molecule has 0 bridgehead atoms. The molecule has 2 nitrogen and oxygen atoms in total. The van der Waals surface area contributed by atoms with Gasteiger partial charge in [-0.2, -0.15) is 0 Å². The Balaban J connectivity index is 3.92. The number of rotatable bonds is 5. The Morgan fingerprint density at radius 2 is 2.17 bits per heavy atom. The lowest BCUT2D eigenvalue weighted by atomic mass is 9.92. The molecule has 0 rings (SSSR count). The van der Waals surface area contributed by atoms with E-state index in [9.17, 15) is 0 Å². The topological polar surface area (TPSA) is 52.0 Å². The Morgan fingerprint density at radius 1 is 1.67 bits per heavy atom. The zero-order valence-electron chi connectivity index (χ0n) is 8.14. The Morgan fingerprint density at radius 3 is 2.50 bits per heavy atom. The summed E-state index contributed by atoms with van der Waals surface area (Å²) in [5, 5.41) is 0. The molecule has 0 saturated heterocycles. The van der Waals surface area contributed by atoms with Crippen LogP contribution in [0.5, 0.6) is 0 Å². The van der Waals surface area contributed by atoms with Crippen LogP contribution in [-0.4, -0.2) is 11.6 Å². The molecule has 0 spiro atoms. The lowest BCUT2D eigenvalue weighted by molar-refractivity contribution is 0.557. The van der Waals surface area contributed by atoms with E-state index in [4.69, 9.17) is 11.5 Å². The van der Waals surface area contributed by atoms with Gasteiger partial charge in [-0.25, -0.2) is 0 Å². The molecular weight excluding hydrogens is 148 g/mol. The van der Waals surface area contributed by atoms with Crippen molar-refractivity contribution < 1.29 is 0 Å². The molecule has 0 aromatic heterocycles. The quantitative estimate of drug-likeness (QED) is 0.612. The maximum atomic E-state index is 5.87. The standard InChI is InChI=1S/C10H20N2/c1-5-10(4,12)7-8(2)6-9(3)11/h5,9H,1-2,6-7,11-12H2,3-4H3. The van der Waals surface area contributed by atoms with E-state index in [1.54, 1.807) is 6.08 Å². The van der Waals surface area contributed by atoms with Crippen LogP contribution >= 0.6 is 0 Å². The zero-order chi connectivity index (χ0) is 9.78. The second kappa shape index (κ2) is 4.43. The Hall–Kier alpha value is -0.600. The average molecular weight is 168 g/mol. The summed E-state index contributed by atoms with van der Waals surface area (Å²) in [5.74, 6) is 0. The maximum Gasteiger partial charge on any atom is 0.0345 e. The maximum absolute atomic E-state index is 5.87. The minimum atomic E-state index is -0.341. The smallest absolute Gasteiger partial charge is 0.0345 e. The van der Waals surface area contributed by atoms with Crippen LogP contribution in [0.4, 0.5) is 0 Å². The van der Waals surface area contributed by atoms with Crippen molar-refractivity contribution in [2.24, 2.45) is 11.5 Å². The van der Waals surface area contributed by atoms with Crippen LogP contribution in [0.25, 0.3) is 0 Å². The normalized spacial score (nSPS) is 18.0. The first kappa shape index (κ1) is 11.4. The van der Waals surface area contributed by atoms with Gasteiger partial charge in [-0.05, 0) is 26.7 Å². The summed E-state index contributed by atoms with van der Waals surface area (Å²) in [6, 6.07) is 0.165. The van der Waals surface area contributed by atoms with E-state index < -0.39 is 0 Å². The van der Waals surface area contributed by atoms with Gasteiger partial charge in [0, 0.05) is 11.6 Å². The highest BCUT2D eigenvalue weighted by atomic mass is 14.7. The van der Waals surface area contributed by atoms with Crippen molar-refractivity contribution in [3.63, 3.8) is 0 Å². The molecule has 0 aliphatic rings. The molecule has 70 valence electrons. The number of nitrogens with two attached hydrogens (primary N) is 2. The fraction of sp³-hybridized carbons (Fsp3) is 0.600. The molecule has 4 N–H and O–H groups in total. The molecule has 2 unspecified atom stereocenters. The van der Waals surface area contributed by atoms with Crippen LogP contribution in [0.1, 0.15) is 26.7 Å². The van der Waals surface area contributed by atoms with E-state index in [-0.39, 0.29) is 11.6 Å². The predicted octanol–water partition coefficient (Wildman–Crippen LogP) is 1.57. The summed E-state index contributed by atoms with van der Waals surface area (Å²) < 4.78 is 0. The van der Waals surface area contributed by atoms with Crippen molar-refractivity contribution in [1.29, 1.82) is 0 Å². The van der Waals surface area contributed by atoms with E-state index >= 15 is 0 Å². The summed E-state index contributed by atoms with van der Waals surface area (Å²) in [5.41, 5.74) is 12.3. The monoisotopic (exact) mass is 168 g/mol. The largest absolute Gasteiger partial charge is 0.328 e.